The Morgan fingerprint density at radius 2 is 1.70 bits per heavy atom. The monoisotopic (exact) mass is 456 g/mol. The van der Waals surface area contributed by atoms with Gasteiger partial charge in [0, 0.05) is 30.4 Å². The van der Waals surface area contributed by atoms with Gasteiger partial charge in [0.05, 0.1) is 25.2 Å². The van der Waals surface area contributed by atoms with Crippen LogP contribution in [-0.2, 0) is 17.6 Å². The van der Waals surface area contributed by atoms with Crippen molar-refractivity contribution in [2.75, 3.05) is 21.3 Å². The Labute approximate surface area is 193 Å². The molecule has 0 saturated heterocycles. The molecule has 3 rings (SSSR count). The van der Waals surface area contributed by atoms with E-state index in [1.807, 2.05) is 33.8 Å². The van der Waals surface area contributed by atoms with Gasteiger partial charge < -0.3 is 28.8 Å². The number of phenolic OH excluding ortho intramolecular Hbond substituents is 2. The summed E-state index contributed by atoms with van der Waals surface area (Å²) >= 11 is 0. The van der Waals surface area contributed by atoms with Gasteiger partial charge in [-0.3, -0.25) is 4.79 Å². The van der Waals surface area contributed by atoms with Crippen molar-refractivity contribution in [3.63, 3.8) is 0 Å². The predicted octanol–water partition coefficient (Wildman–Crippen LogP) is 5.24. The molecule has 2 aromatic carbocycles. The highest BCUT2D eigenvalue weighted by Gasteiger charge is 2.25. The summed E-state index contributed by atoms with van der Waals surface area (Å²) in [6.07, 6.45) is 3.31. The summed E-state index contributed by atoms with van der Waals surface area (Å²) in [4.78, 5) is 13.7. The molecule has 0 saturated carbocycles. The Hall–Kier alpha value is -3.19. The Morgan fingerprint density at radius 3 is 2.27 bits per heavy atom. The number of methoxy groups -OCH3 is 3. The summed E-state index contributed by atoms with van der Waals surface area (Å²) in [5.41, 5.74) is 1.62. The number of benzene rings is 2. The second-order valence-electron chi connectivity index (χ2n) is 8.94. The summed E-state index contributed by atoms with van der Waals surface area (Å²) in [5, 5.41) is 22.0. The topological polar surface area (TPSA) is 98.4 Å². The van der Waals surface area contributed by atoms with Crippen molar-refractivity contribution < 1.29 is 28.8 Å². The largest absolute Gasteiger partial charge is 0.507 e. The van der Waals surface area contributed by atoms with E-state index in [1.165, 1.54) is 20.3 Å². The minimum atomic E-state index is -0.452. The van der Waals surface area contributed by atoms with Gasteiger partial charge in [-0.05, 0) is 47.0 Å². The van der Waals surface area contributed by atoms with Crippen LogP contribution in [0.25, 0.3) is 21.9 Å². The van der Waals surface area contributed by atoms with Gasteiger partial charge in [0.1, 0.15) is 28.1 Å². The zero-order valence-electron chi connectivity index (χ0n) is 20.3. The number of hydrogen-bond acceptors (Lipinski definition) is 7. The molecule has 7 nitrogen and oxygen atoms in total. The Morgan fingerprint density at radius 1 is 1.03 bits per heavy atom. The van der Waals surface area contributed by atoms with Crippen LogP contribution in [0.4, 0.5) is 0 Å². The summed E-state index contributed by atoms with van der Waals surface area (Å²) in [6.45, 7) is 7.80. The third-order valence-corrected chi connectivity index (χ3v) is 5.99. The lowest BCUT2D eigenvalue weighted by molar-refractivity contribution is 0.0157. The first-order valence-electron chi connectivity index (χ1n) is 10.8. The normalized spacial score (nSPS) is 11.7. The number of rotatable bonds is 8. The molecule has 33 heavy (non-hydrogen) atoms. The van der Waals surface area contributed by atoms with E-state index in [0.717, 1.165) is 5.57 Å². The fourth-order valence-corrected chi connectivity index (χ4v) is 3.89. The maximum Gasteiger partial charge on any atom is 0.204 e. The van der Waals surface area contributed by atoms with Gasteiger partial charge in [-0.2, -0.15) is 0 Å². The van der Waals surface area contributed by atoms with Crippen molar-refractivity contribution in [1.82, 2.24) is 0 Å². The third kappa shape index (κ3) is 4.64. The second-order valence-corrected chi connectivity index (χ2v) is 8.94. The molecule has 0 aliphatic heterocycles. The molecule has 0 unspecified atom stereocenters. The SMILES string of the molecule is COc1cc2oc3cc(O)c(OC)c(CCC(C)(C)OC)c3c(=O)c2c(O)c1CC=C(C)C. The number of fused-ring (bicyclic) bond motifs is 2. The lowest BCUT2D eigenvalue weighted by atomic mass is 9.94. The summed E-state index contributed by atoms with van der Waals surface area (Å²) < 4.78 is 22.4. The van der Waals surface area contributed by atoms with E-state index < -0.39 is 11.0 Å². The van der Waals surface area contributed by atoms with Crippen molar-refractivity contribution >= 4 is 21.9 Å². The lowest BCUT2D eigenvalue weighted by Crippen LogP contribution is -2.23. The predicted molar refractivity (Wildman–Crippen MR) is 129 cm³/mol. The fraction of sp³-hybridized carbons (Fsp3) is 0.423. The Balaban J connectivity index is 2.39. The van der Waals surface area contributed by atoms with Crippen molar-refractivity contribution in [1.29, 1.82) is 0 Å². The average molecular weight is 457 g/mol. The van der Waals surface area contributed by atoms with Crippen LogP contribution < -0.4 is 14.9 Å². The highest BCUT2D eigenvalue weighted by molar-refractivity contribution is 5.97. The number of aryl methyl sites for hydroxylation is 1. The third-order valence-electron chi connectivity index (χ3n) is 5.99. The minimum absolute atomic E-state index is 0.0699. The molecular weight excluding hydrogens is 424 g/mol. The van der Waals surface area contributed by atoms with Crippen LogP contribution in [0.15, 0.2) is 33.0 Å². The molecule has 0 aliphatic rings. The van der Waals surface area contributed by atoms with Crippen LogP contribution in [0, 0.1) is 0 Å². The Bertz CT molecular complexity index is 1280. The quantitative estimate of drug-likeness (QED) is 0.353. The Kier molecular flexibility index (Phi) is 6.93. The molecule has 0 aliphatic carbocycles. The van der Waals surface area contributed by atoms with Gasteiger partial charge in [0.15, 0.2) is 11.5 Å². The molecule has 0 amide bonds. The van der Waals surface area contributed by atoms with Crippen molar-refractivity contribution in [2.24, 2.45) is 0 Å². The average Bonchev–Trinajstić information content (AvgIpc) is 2.75. The van der Waals surface area contributed by atoms with Crippen LogP contribution in [0.2, 0.25) is 0 Å². The van der Waals surface area contributed by atoms with Crippen LogP contribution in [0.5, 0.6) is 23.0 Å². The fourth-order valence-electron chi connectivity index (χ4n) is 3.89. The van der Waals surface area contributed by atoms with E-state index in [2.05, 4.69) is 0 Å². The van der Waals surface area contributed by atoms with E-state index >= 15 is 0 Å². The van der Waals surface area contributed by atoms with Gasteiger partial charge in [-0.1, -0.05) is 11.6 Å². The molecule has 0 radical (unpaired) electrons. The minimum Gasteiger partial charge on any atom is -0.507 e. The van der Waals surface area contributed by atoms with Gasteiger partial charge in [-0.15, -0.1) is 0 Å². The van der Waals surface area contributed by atoms with E-state index in [0.29, 0.717) is 36.1 Å². The molecule has 7 heteroatoms. The second kappa shape index (κ2) is 9.35. The molecule has 0 fully saturated rings. The number of hydrogen-bond donors (Lipinski definition) is 2. The zero-order chi connectivity index (χ0) is 24.5. The molecule has 1 heterocycles. The zero-order valence-corrected chi connectivity index (χ0v) is 20.3. The molecule has 0 spiro atoms. The first-order valence-corrected chi connectivity index (χ1v) is 10.8. The maximum atomic E-state index is 13.7. The van der Waals surface area contributed by atoms with Crippen molar-refractivity contribution in [3.05, 3.63) is 45.1 Å². The van der Waals surface area contributed by atoms with Crippen LogP contribution >= 0.6 is 0 Å². The highest BCUT2D eigenvalue weighted by Crippen LogP contribution is 2.41. The molecule has 0 atom stereocenters. The van der Waals surface area contributed by atoms with E-state index in [-0.39, 0.29) is 39.2 Å². The van der Waals surface area contributed by atoms with Crippen LogP contribution in [-0.4, -0.2) is 37.1 Å². The van der Waals surface area contributed by atoms with Gasteiger partial charge in [0.2, 0.25) is 5.43 Å². The van der Waals surface area contributed by atoms with Gasteiger partial charge >= 0.3 is 0 Å². The van der Waals surface area contributed by atoms with Gasteiger partial charge in [0.25, 0.3) is 0 Å². The standard InChI is InChI=1S/C26H32O7/c1-14(2)8-9-15-18(30-5)13-20-22(23(15)28)24(29)21-16(10-11-26(3,4)32-7)25(31-6)17(27)12-19(21)33-20/h8,12-13,27-28H,9-11H2,1-7H3. The van der Waals surface area contributed by atoms with Crippen molar-refractivity contribution in [2.45, 2.75) is 52.6 Å². The van der Waals surface area contributed by atoms with E-state index in [1.54, 1.807) is 13.2 Å². The number of allylic oxidation sites excluding steroid dienone is 2. The number of aromatic hydroxyl groups is 2. The highest BCUT2D eigenvalue weighted by atomic mass is 16.5. The lowest BCUT2D eigenvalue weighted by Gasteiger charge is -2.23. The molecule has 2 N–H and O–H groups in total. The molecule has 1 aromatic heterocycles. The number of ether oxygens (including phenoxy) is 3. The summed E-state index contributed by atoms with van der Waals surface area (Å²) in [7, 11) is 4.56. The molecule has 178 valence electrons. The van der Waals surface area contributed by atoms with E-state index in [4.69, 9.17) is 18.6 Å². The molecule has 0 bridgehead atoms. The smallest absolute Gasteiger partial charge is 0.204 e. The van der Waals surface area contributed by atoms with Crippen molar-refractivity contribution in [3.8, 4) is 23.0 Å². The maximum absolute atomic E-state index is 13.7. The first-order chi connectivity index (χ1) is 15.5. The molecular formula is C26H32O7. The van der Waals surface area contributed by atoms with Gasteiger partial charge in [-0.25, -0.2) is 0 Å². The van der Waals surface area contributed by atoms with Crippen LogP contribution in [0.3, 0.4) is 0 Å². The van der Waals surface area contributed by atoms with Crippen LogP contribution in [0.1, 0.15) is 45.2 Å². The summed E-state index contributed by atoms with van der Waals surface area (Å²) in [5.74, 6) is 0.320. The first kappa shape index (κ1) is 24.5. The molecule has 3 aromatic rings. The summed E-state index contributed by atoms with van der Waals surface area (Å²) in [6, 6.07) is 2.96. The number of phenols is 2. The van der Waals surface area contributed by atoms with E-state index in [9.17, 15) is 15.0 Å².